The van der Waals surface area contributed by atoms with E-state index >= 15 is 0 Å². The highest BCUT2D eigenvalue weighted by Gasteiger charge is 2.35. The van der Waals surface area contributed by atoms with Gasteiger partial charge in [-0.1, -0.05) is 11.8 Å². The number of aromatic nitrogens is 4. The molecule has 0 saturated heterocycles. The molecule has 1 aliphatic rings. The maximum absolute atomic E-state index is 12.9. The second-order valence-electron chi connectivity index (χ2n) is 6.20. The van der Waals surface area contributed by atoms with Crippen LogP contribution in [0.25, 0.3) is 0 Å². The molecule has 8 heteroatoms. The third-order valence-electron chi connectivity index (χ3n) is 4.24. The molecule has 4 rings (SSSR count). The number of furan rings is 1. The van der Waals surface area contributed by atoms with Gasteiger partial charge in [0.1, 0.15) is 11.6 Å². The van der Waals surface area contributed by atoms with Crippen molar-refractivity contribution in [3.8, 4) is 0 Å². The zero-order chi connectivity index (χ0) is 17.9. The van der Waals surface area contributed by atoms with Crippen LogP contribution in [0.15, 0.2) is 52.6 Å². The third-order valence-corrected chi connectivity index (χ3v) is 5.14. The van der Waals surface area contributed by atoms with Gasteiger partial charge in [0.05, 0.1) is 12.3 Å². The molecule has 3 heterocycles. The largest absolute Gasteiger partial charge is 0.455 e. The molecule has 0 aromatic carbocycles. The highest BCUT2D eigenvalue weighted by atomic mass is 32.2. The van der Waals surface area contributed by atoms with E-state index in [1.807, 2.05) is 28.8 Å². The average molecular weight is 369 g/mol. The van der Waals surface area contributed by atoms with Crippen LogP contribution < -0.4 is 0 Å². The van der Waals surface area contributed by atoms with Crippen molar-refractivity contribution < 1.29 is 9.21 Å². The van der Waals surface area contributed by atoms with Gasteiger partial charge in [0.2, 0.25) is 0 Å². The van der Waals surface area contributed by atoms with Crippen LogP contribution in [-0.2, 0) is 19.3 Å². The van der Waals surface area contributed by atoms with E-state index in [9.17, 15) is 4.79 Å². The predicted molar refractivity (Wildman–Crippen MR) is 96.4 cm³/mol. The van der Waals surface area contributed by atoms with Crippen molar-refractivity contribution in [1.82, 2.24) is 24.4 Å². The van der Waals surface area contributed by atoms with Crippen LogP contribution in [0.2, 0.25) is 0 Å². The summed E-state index contributed by atoms with van der Waals surface area (Å²) < 4.78 is 7.72. The topological polar surface area (TPSA) is 77.1 Å². The number of aryl methyl sites for hydroxylation is 1. The summed E-state index contributed by atoms with van der Waals surface area (Å²) in [5.74, 6) is 2.48. The number of carbonyl (C=O) groups excluding carboxylic acids is 1. The first-order chi connectivity index (χ1) is 12.7. The summed E-state index contributed by atoms with van der Waals surface area (Å²) in [5, 5.41) is 0.686. The maximum atomic E-state index is 12.9. The van der Waals surface area contributed by atoms with Crippen LogP contribution in [0.4, 0.5) is 0 Å². The lowest BCUT2D eigenvalue weighted by Crippen LogP contribution is -2.33. The van der Waals surface area contributed by atoms with Gasteiger partial charge in [-0.25, -0.2) is 15.0 Å². The summed E-state index contributed by atoms with van der Waals surface area (Å²) in [7, 11) is 1.94. The lowest BCUT2D eigenvalue weighted by molar-refractivity contribution is 0.0690. The fourth-order valence-corrected chi connectivity index (χ4v) is 3.36. The minimum absolute atomic E-state index is 0.0808. The van der Waals surface area contributed by atoms with E-state index in [1.54, 1.807) is 30.7 Å². The molecule has 0 spiro atoms. The standard InChI is InChI=1S/C18H19N5O2S/c1-22-10-9-19-16(22)11-23(13-3-4-13)17(24)15-6-5-14(25-15)12-26-18-20-7-2-8-21-18/h2,5-10,13H,3-4,11-12H2,1H3. The van der Waals surface area contributed by atoms with Crippen molar-refractivity contribution in [2.45, 2.75) is 36.3 Å². The molecule has 1 amide bonds. The Morgan fingerprint density at radius 3 is 2.77 bits per heavy atom. The molecule has 3 aromatic heterocycles. The van der Waals surface area contributed by atoms with Crippen LogP contribution in [0, 0.1) is 0 Å². The van der Waals surface area contributed by atoms with Crippen LogP contribution >= 0.6 is 11.8 Å². The minimum Gasteiger partial charge on any atom is -0.455 e. The summed E-state index contributed by atoms with van der Waals surface area (Å²) in [5.41, 5.74) is 0. The van der Waals surface area contributed by atoms with Gasteiger partial charge < -0.3 is 13.9 Å². The Kier molecular flexibility index (Phi) is 4.75. The Morgan fingerprint density at radius 1 is 1.27 bits per heavy atom. The Morgan fingerprint density at radius 2 is 2.08 bits per heavy atom. The van der Waals surface area contributed by atoms with Gasteiger partial charge in [-0.3, -0.25) is 4.79 Å². The molecule has 0 atom stereocenters. The number of hydrogen-bond donors (Lipinski definition) is 0. The molecule has 3 aromatic rings. The van der Waals surface area contributed by atoms with Crippen LogP contribution in [0.3, 0.4) is 0 Å². The van der Waals surface area contributed by atoms with E-state index in [0.29, 0.717) is 23.2 Å². The molecule has 134 valence electrons. The summed E-state index contributed by atoms with van der Waals surface area (Å²) in [6.45, 7) is 0.496. The van der Waals surface area contributed by atoms with Crippen molar-refractivity contribution in [2.24, 2.45) is 7.05 Å². The quantitative estimate of drug-likeness (QED) is 0.471. The first-order valence-corrected chi connectivity index (χ1v) is 9.45. The van der Waals surface area contributed by atoms with Gasteiger partial charge in [0.25, 0.3) is 5.91 Å². The van der Waals surface area contributed by atoms with E-state index < -0.39 is 0 Å². The normalized spacial score (nSPS) is 13.7. The van der Waals surface area contributed by atoms with Gasteiger partial charge in [0.15, 0.2) is 10.9 Å². The van der Waals surface area contributed by atoms with E-state index in [0.717, 1.165) is 24.4 Å². The van der Waals surface area contributed by atoms with E-state index in [4.69, 9.17) is 4.42 Å². The van der Waals surface area contributed by atoms with Gasteiger partial charge >= 0.3 is 0 Å². The number of amides is 1. The maximum Gasteiger partial charge on any atom is 0.290 e. The monoisotopic (exact) mass is 369 g/mol. The Bertz CT molecular complexity index is 888. The zero-order valence-corrected chi connectivity index (χ0v) is 15.2. The minimum atomic E-state index is -0.0808. The molecule has 1 aliphatic carbocycles. The van der Waals surface area contributed by atoms with Crippen LogP contribution in [-0.4, -0.2) is 36.4 Å². The Labute approximate surface area is 155 Å². The van der Waals surface area contributed by atoms with Gasteiger partial charge in [-0.15, -0.1) is 0 Å². The molecular weight excluding hydrogens is 350 g/mol. The molecule has 1 saturated carbocycles. The highest BCUT2D eigenvalue weighted by molar-refractivity contribution is 7.98. The third kappa shape index (κ3) is 3.80. The average Bonchev–Trinajstić information content (AvgIpc) is 3.25. The molecule has 1 fully saturated rings. The number of rotatable bonds is 7. The first-order valence-electron chi connectivity index (χ1n) is 8.46. The fourth-order valence-electron chi connectivity index (χ4n) is 2.66. The summed E-state index contributed by atoms with van der Waals surface area (Å²) >= 11 is 1.48. The lowest BCUT2D eigenvalue weighted by Gasteiger charge is -2.20. The van der Waals surface area contributed by atoms with Crippen molar-refractivity contribution >= 4 is 17.7 Å². The number of hydrogen-bond acceptors (Lipinski definition) is 6. The molecule has 0 unspecified atom stereocenters. The first kappa shape index (κ1) is 16.8. The zero-order valence-electron chi connectivity index (χ0n) is 14.4. The lowest BCUT2D eigenvalue weighted by atomic mass is 10.3. The van der Waals surface area contributed by atoms with Crippen molar-refractivity contribution in [3.05, 3.63) is 60.3 Å². The van der Waals surface area contributed by atoms with E-state index in [-0.39, 0.29) is 11.9 Å². The number of carbonyl (C=O) groups is 1. The molecule has 0 N–H and O–H groups in total. The number of thioether (sulfide) groups is 1. The van der Waals surface area contributed by atoms with Crippen LogP contribution in [0.1, 0.15) is 35.0 Å². The Hall–Kier alpha value is -2.61. The smallest absolute Gasteiger partial charge is 0.290 e. The van der Waals surface area contributed by atoms with E-state index in [1.165, 1.54) is 11.8 Å². The van der Waals surface area contributed by atoms with Crippen LogP contribution in [0.5, 0.6) is 0 Å². The SMILES string of the molecule is Cn1ccnc1CN(C(=O)c1ccc(CSc2ncccn2)o1)C1CC1. The summed E-state index contributed by atoms with van der Waals surface area (Å²) in [4.78, 5) is 27.4. The molecule has 0 bridgehead atoms. The van der Waals surface area contributed by atoms with Gasteiger partial charge in [-0.2, -0.15) is 0 Å². The second-order valence-corrected chi connectivity index (χ2v) is 7.15. The second kappa shape index (κ2) is 7.33. The predicted octanol–water partition coefficient (Wildman–Crippen LogP) is 2.90. The van der Waals surface area contributed by atoms with Crippen molar-refractivity contribution in [3.63, 3.8) is 0 Å². The van der Waals surface area contributed by atoms with Gasteiger partial charge in [-0.05, 0) is 31.0 Å². The number of imidazole rings is 1. The highest BCUT2D eigenvalue weighted by Crippen LogP contribution is 2.30. The molecule has 0 radical (unpaired) electrons. The number of nitrogens with zero attached hydrogens (tertiary/aromatic N) is 5. The van der Waals surface area contributed by atoms with E-state index in [2.05, 4.69) is 15.0 Å². The Balaban J connectivity index is 1.43. The molecule has 7 nitrogen and oxygen atoms in total. The summed E-state index contributed by atoms with van der Waals surface area (Å²) in [6, 6.07) is 5.65. The van der Waals surface area contributed by atoms with Crippen molar-refractivity contribution in [1.29, 1.82) is 0 Å². The summed E-state index contributed by atoms with van der Waals surface area (Å²) in [6.07, 6.45) is 9.11. The molecule has 26 heavy (non-hydrogen) atoms. The fraction of sp³-hybridized carbons (Fsp3) is 0.333. The van der Waals surface area contributed by atoms with Crippen molar-refractivity contribution in [2.75, 3.05) is 0 Å². The molecule has 0 aliphatic heterocycles. The van der Waals surface area contributed by atoms with Gasteiger partial charge in [0, 0.05) is 37.9 Å². The molecular formula is C18H19N5O2S.